The summed E-state index contributed by atoms with van der Waals surface area (Å²) >= 11 is 6.29. The van der Waals surface area contributed by atoms with Crippen molar-refractivity contribution in [1.82, 2.24) is 0 Å². The minimum Gasteiger partial charge on any atom is -0.0985 e. The maximum atomic E-state index is 6.29. The van der Waals surface area contributed by atoms with E-state index in [1.54, 1.807) is 0 Å². The van der Waals surface area contributed by atoms with Gasteiger partial charge in [-0.25, -0.2) is 0 Å². The van der Waals surface area contributed by atoms with Gasteiger partial charge in [0.1, 0.15) is 0 Å². The zero-order chi connectivity index (χ0) is 10.7. The summed E-state index contributed by atoms with van der Waals surface area (Å²) < 4.78 is 0. The molecule has 0 N–H and O–H groups in total. The van der Waals surface area contributed by atoms with Gasteiger partial charge in [-0.3, -0.25) is 0 Å². The van der Waals surface area contributed by atoms with Crippen molar-refractivity contribution < 1.29 is 0 Å². The van der Waals surface area contributed by atoms with E-state index in [2.05, 4.69) is 18.7 Å². The second-order valence-corrected chi connectivity index (χ2v) is 4.73. The molecule has 0 nitrogen and oxygen atoms in total. The van der Waals surface area contributed by atoms with Gasteiger partial charge in [-0.05, 0) is 36.0 Å². The molecule has 1 aliphatic carbocycles. The Kier molecular flexibility index (Phi) is 3.48. The van der Waals surface area contributed by atoms with Crippen molar-refractivity contribution >= 4 is 17.7 Å². The van der Waals surface area contributed by atoms with Crippen molar-refractivity contribution in [1.29, 1.82) is 0 Å². The maximum Gasteiger partial charge on any atom is 0.0446 e. The summed E-state index contributed by atoms with van der Waals surface area (Å²) in [5.74, 6) is 0.685. The molecule has 0 spiro atoms. The number of hydrogen-bond acceptors (Lipinski definition) is 0. The van der Waals surface area contributed by atoms with Crippen LogP contribution in [-0.4, -0.2) is 0 Å². The molecule has 1 aromatic carbocycles. The molecule has 0 bridgehead atoms. The van der Waals surface area contributed by atoms with E-state index in [0.717, 1.165) is 10.6 Å². The molecule has 0 unspecified atom stereocenters. The second-order valence-electron chi connectivity index (χ2n) is 4.32. The van der Waals surface area contributed by atoms with Crippen LogP contribution in [0.4, 0.5) is 0 Å². The molecule has 0 atom stereocenters. The number of hydrogen-bond donors (Lipinski definition) is 0. The van der Waals surface area contributed by atoms with Gasteiger partial charge in [-0.1, -0.05) is 55.7 Å². The highest BCUT2D eigenvalue weighted by atomic mass is 35.5. The number of halogens is 1. The Morgan fingerprint density at radius 2 is 1.93 bits per heavy atom. The van der Waals surface area contributed by atoms with Crippen molar-refractivity contribution in [3.05, 3.63) is 40.9 Å². The number of benzene rings is 1. The average molecular weight is 221 g/mol. The van der Waals surface area contributed by atoms with Crippen LogP contribution < -0.4 is 0 Å². The van der Waals surface area contributed by atoms with Crippen LogP contribution in [0.1, 0.15) is 49.1 Å². The molecule has 0 heterocycles. The van der Waals surface area contributed by atoms with E-state index in [1.807, 2.05) is 12.1 Å². The first-order chi connectivity index (χ1) is 7.31. The van der Waals surface area contributed by atoms with Gasteiger partial charge >= 0.3 is 0 Å². The van der Waals surface area contributed by atoms with E-state index in [9.17, 15) is 0 Å². The molecule has 1 aromatic rings. The Morgan fingerprint density at radius 3 is 2.53 bits per heavy atom. The molecule has 1 saturated carbocycles. The Bertz CT molecular complexity index is 348. The van der Waals surface area contributed by atoms with Crippen LogP contribution in [0.5, 0.6) is 0 Å². The van der Waals surface area contributed by atoms with Gasteiger partial charge in [0, 0.05) is 5.02 Å². The third kappa shape index (κ3) is 2.43. The molecule has 80 valence electrons. The van der Waals surface area contributed by atoms with Crippen LogP contribution in [-0.2, 0) is 0 Å². The fourth-order valence-corrected chi connectivity index (χ4v) is 2.76. The fraction of sp³-hybridized carbons (Fsp3) is 0.429. The lowest BCUT2D eigenvalue weighted by atomic mass is 9.84. The van der Waals surface area contributed by atoms with Crippen LogP contribution in [0.3, 0.4) is 0 Å². The van der Waals surface area contributed by atoms with E-state index in [0.29, 0.717) is 5.92 Å². The zero-order valence-electron chi connectivity index (χ0n) is 9.01. The summed E-state index contributed by atoms with van der Waals surface area (Å²) in [6.07, 6.45) is 8.53. The molecule has 1 fully saturated rings. The second kappa shape index (κ2) is 4.85. The Balaban J connectivity index is 2.23. The molecule has 0 saturated heterocycles. The van der Waals surface area contributed by atoms with Gasteiger partial charge in [0.15, 0.2) is 0 Å². The van der Waals surface area contributed by atoms with E-state index < -0.39 is 0 Å². The predicted molar refractivity (Wildman–Crippen MR) is 67.4 cm³/mol. The molecule has 0 aromatic heterocycles. The lowest BCUT2D eigenvalue weighted by molar-refractivity contribution is 0.444. The molecule has 2 rings (SSSR count). The highest BCUT2D eigenvalue weighted by Gasteiger charge is 2.17. The fourth-order valence-electron chi connectivity index (χ4n) is 2.42. The Morgan fingerprint density at radius 1 is 1.20 bits per heavy atom. The molecular weight excluding hydrogens is 204 g/mol. The van der Waals surface area contributed by atoms with Crippen molar-refractivity contribution in [3.8, 4) is 0 Å². The summed E-state index contributed by atoms with van der Waals surface area (Å²) in [7, 11) is 0. The highest BCUT2D eigenvalue weighted by molar-refractivity contribution is 6.31. The standard InChI is InChI=1S/C14H17Cl/c1-2-11-8-9-13(14(15)10-11)12-6-4-3-5-7-12/h2,8-10,12H,1,3-7H2. The third-order valence-corrected chi connectivity index (χ3v) is 3.63. The molecule has 0 aliphatic heterocycles. The monoisotopic (exact) mass is 220 g/mol. The Labute approximate surface area is 97.0 Å². The van der Waals surface area contributed by atoms with E-state index in [-0.39, 0.29) is 0 Å². The largest absolute Gasteiger partial charge is 0.0985 e. The van der Waals surface area contributed by atoms with Crippen LogP contribution in [0.2, 0.25) is 5.02 Å². The highest BCUT2D eigenvalue weighted by Crippen LogP contribution is 2.36. The van der Waals surface area contributed by atoms with Crippen LogP contribution in [0.25, 0.3) is 6.08 Å². The van der Waals surface area contributed by atoms with Gasteiger partial charge in [0.05, 0.1) is 0 Å². The molecule has 1 heteroatoms. The molecule has 1 aliphatic rings. The first-order valence-corrected chi connectivity index (χ1v) is 6.11. The molecular formula is C14H17Cl. The quantitative estimate of drug-likeness (QED) is 0.656. The molecule has 0 amide bonds. The average Bonchev–Trinajstić information content (AvgIpc) is 2.30. The lowest BCUT2D eigenvalue weighted by Gasteiger charge is -2.23. The van der Waals surface area contributed by atoms with E-state index in [4.69, 9.17) is 11.6 Å². The zero-order valence-corrected chi connectivity index (χ0v) is 9.76. The summed E-state index contributed by atoms with van der Waals surface area (Å²) in [4.78, 5) is 0. The van der Waals surface area contributed by atoms with Gasteiger partial charge in [0.2, 0.25) is 0 Å². The minimum atomic E-state index is 0.685. The van der Waals surface area contributed by atoms with Gasteiger partial charge in [0.25, 0.3) is 0 Å². The third-order valence-electron chi connectivity index (χ3n) is 3.31. The van der Waals surface area contributed by atoms with Crippen molar-refractivity contribution in [2.24, 2.45) is 0 Å². The lowest BCUT2D eigenvalue weighted by Crippen LogP contribution is -2.05. The van der Waals surface area contributed by atoms with Gasteiger partial charge < -0.3 is 0 Å². The smallest absolute Gasteiger partial charge is 0.0446 e. The van der Waals surface area contributed by atoms with Crippen LogP contribution >= 0.6 is 11.6 Å². The molecule has 0 radical (unpaired) electrons. The number of rotatable bonds is 2. The van der Waals surface area contributed by atoms with Crippen molar-refractivity contribution in [2.45, 2.75) is 38.0 Å². The first-order valence-electron chi connectivity index (χ1n) is 5.73. The topological polar surface area (TPSA) is 0 Å². The predicted octanol–water partition coefficient (Wildman–Crippen LogP) is 5.03. The van der Waals surface area contributed by atoms with Gasteiger partial charge in [-0.15, -0.1) is 0 Å². The Hall–Kier alpha value is -0.750. The summed E-state index contributed by atoms with van der Waals surface area (Å²) in [6, 6.07) is 6.32. The minimum absolute atomic E-state index is 0.685. The normalized spacial score (nSPS) is 17.7. The van der Waals surface area contributed by atoms with E-state index in [1.165, 1.54) is 37.7 Å². The summed E-state index contributed by atoms with van der Waals surface area (Å²) in [5.41, 5.74) is 2.45. The van der Waals surface area contributed by atoms with Crippen LogP contribution in [0, 0.1) is 0 Å². The van der Waals surface area contributed by atoms with Crippen LogP contribution in [0.15, 0.2) is 24.8 Å². The summed E-state index contributed by atoms with van der Waals surface area (Å²) in [6.45, 7) is 3.76. The van der Waals surface area contributed by atoms with Crippen molar-refractivity contribution in [2.75, 3.05) is 0 Å². The van der Waals surface area contributed by atoms with Gasteiger partial charge in [-0.2, -0.15) is 0 Å². The summed E-state index contributed by atoms with van der Waals surface area (Å²) in [5, 5.41) is 0.916. The SMILES string of the molecule is C=Cc1ccc(C2CCCCC2)c(Cl)c1. The van der Waals surface area contributed by atoms with Crippen molar-refractivity contribution in [3.63, 3.8) is 0 Å². The first kappa shape index (κ1) is 10.8. The van der Waals surface area contributed by atoms with E-state index >= 15 is 0 Å². The maximum absolute atomic E-state index is 6.29. The molecule has 15 heavy (non-hydrogen) atoms.